The summed E-state index contributed by atoms with van der Waals surface area (Å²) >= 11 is 0. The maximum absolute atomic E-state index is 5.79. The molecule has 22 heavy (non-hydrogen) atoms. The quantitative estimate of drug-likeness (QED) is 0.836. The normalized spacial score (nSPS) is 23.0. The van der Waals surface area contributed by atoms with E-state index in [1.807, 2.05) is 6.92 Å². The van der Waals surface area contributed by atoms with Crippen LogP contribution in [0.3, 0.4) is 0 Å². The fraction of sp³-hybridized carbons (Fsp3) is 0.765. The number of rotatable bonds is 5. The lowest BCUT2D eigenvalue weighted by molar-refractivity contribution is -0.0670. The summed E-state index contributed by atoms with van der Waals surface area (Å²) in [6.45, 7) is 14.6. The number of anilines is 1. The van der Waals surface area contributed by atoms with Crippen molar-refractivity contribution in [1.82, 2.24) is 14.9 Å². The first kappa shape index (κ1) is 17.2. The molecule has 5 heteroatoms. The number of hydrogen-bond acceptors (Lipinski definition) is 5. The molecule has 1 fully saturated rings. The van der Waals surface area contributed by atoms with E-state index in [-0.39, 0.29) is 0 Å². The molecule has 0 bridgehead atoms. The van der Waals surface area contributed by atoms with Gasteiger partial charge in [0, 0.05) is 50.9 Å². The lowest BCUT2D eigenvalue weighted by Gasteiger charge is -2.36. The molecular weight excluding hydrogens is 276 g/mol. The summed E-state index contributed by atoms with van der Waals surface area (Å²) in [5.74, 6) is 2.30. The van der Waals surface area contributed by atoms with E-state index < -0.39 is 0 Å². The van der Waals surface area contributed by atoms with Gasteiger partial charge in [-0.3, -0.25) is 4.90 Å². The third-order valence-corrected chi connectivity index (χ3v) is 4.01. The van der Waals surface area contributed by atoms with Gasteiger partial charge in [0.1, 0.15) is 11.6 Å². The van der Waals surface area contributed by atoms with Gasteiger partial charge >= 0.3 is 0 Å². The number of aryl methyl sites for hydroxylation is 1. The molecule has 1 aromatic rings. The van der Waals surface area contributed by atoms with Crippen molar-refractivity contribution < 1.29 is 4.74 Å². The highest BCUT2D eigenvalue weighted by Crippen LogP contribution is 2.16. The first-order chi connectivity index (χ1) is 10.3. The molecular formula is C17H30N4O. The van der Waals surface area contributed by atoms with Crippen LogP contribution in [0.5, 0.6) is 0 Å². The number of hydrogen-bond donors (Lipinski definition) is 0. The Morgan fingerprint density at radius 2 is 1.91 bits per heavy atom. The minimum atomic E-state index is 0.322. The number of ether oxygens (including phenoxy) is 1. The molecule has 124 valence electrons. The van der Waals surface area contributed by atoms with Crippen LogP contribution in [0.25, 0.3) is 0 Å². The monoisotopic (exact) mass is 306 g/mol. The average molecular weight is 306 g/mol. The van der Waals surface area contributed by atoms with Gasteiger partial charge in [-0.25, -0.2) is 9.97 Å². The fourth-order valence-electron chi connectivity index (χ4n) is 2.90. The lowest BCUT2D eigenvalue weighted by Crippen LogP contribution is -2.47. The highest BCUT2D eigenvalue weighted by molar-refractivity contribution is 5.39. The number of morpholine rings is 1. The summed E-state index contributed by atoms with van der Waals surface area (Å²) < 4.78 is 5.79. The Morgan fingerprint density at radius 3 is 2.50 bits per heavy atom. The van der Waals surface area contributed by atoms with Crippen molar-refractivity contribution in [3.05, 3.63) is 17.6 Å². The van der Waals surface area contributed by atoms with Gasteiger partial charge in [0.25, 0.3) is 0 Å². The fourth-order valence-corrected chi connectivity index (χ4v) is 2.90. The van der Waals surface area contributed by atoms with E-state index in [0.29, 0.717) is 18.1 Å². The summed E-state index contributed by atoms with van der Waals surface area (Å²) in [7, 11) is 2.11. The summed E-state index contributed by atoms with van der Waals surface area (Å²) in [6.07, 6.45) is 0.644. The second-order valence-corrected chi connectivity index (χ2v) is 6.82. The Balaban J connectivity index is 1.96. The summed E-state index contributed by atoms with van der Waals surface area (Å²) in [5.41, 5.74) is 1.04. The average Bonchev–Trinajstić information content (AvgIpc) is 2.43. The Hall–Kier alpha value is -1.20. The van der Waals surface area contributed by atoms with Crippen LogP contribution in [0.2, 0.25) is 0 Å². The van der Waals surface area contributed by atoms with Gasteiger partial charge in [-0.15, -0.1) is 0 Å². The van der Waals surface area contributed by atoms with E-state index in [0.717, 1.165) is 43.5 Å². The first-order valence-electron chi connectivity index (χ1n) is 8.29. The third kappa shape index (κ3) is 4.65. The van der Waals surface area contributed by atoms with E-state index in [9.17, 15) is 0 Å². The lowest BCUT2D eigenvalue weighted by atomic mass is 10.2. The van der Waals surface area contributed by atoms with Crippen LogP contribution in [0, 0.1) is 6.92 Å². The van der Waals surface area contributed by atoms with Crippen molar-refractivity contribution >= 4 is 5.82 Å². The first-order valence-corrected chi connectivity index (χ1v) is 8.29. The van der Waals surface area contributed by atoms with E-state index in [2.05, 4.69) is 55.6 Å². The summed E-state index contributed by atoms with van der Waals surface area (Å²) in [6, 6.07) is 2.07. The maximum atomic E-state index is 5.79. The van der Waals surface area contributed by atoms with Gasteiger partial charge < -0.3 is 9.64 Å². The van der Waals surface area contributed by atoms with Gasteiger partial charge in [-0.2, -0.15) is 0 Å². The zero-order chi connectivity index (χ0) is 16.3. The summed E-state index contributed by atoms with van der Waals surface area (Å²) in [5, 5.41) is 0. The van der Waals surface area contributed by atoms with Crippen molar-refractivity contribution in [2.24, 2.45) is 0 Å². The van der Waals surface area contributed by atoms with E-state index >= 15 is 0 Å². The SMILES string of the molecule is Cc1cc(N(C)CCN2C[C@@H](C)O[C@@H](C)C2)nc(C(C)C)n1. The molecule has 1 aromatic heterocycles. The number of likely N-dealkylation sites (N-methyl/N-ethyl adjacent to an activating group) is 1. The molecule has 0 unspecified atom stereocenters. The van der Waals surface area contributed by atoms with Crippen LogP contribution in [0.4, 0.5) is 5.82 Å². The van der Waals surface area contributed by atoms with Crippen molar-refractivity contribution in [2.45, 2.75) is 52.7 Å². The van der Waals surface area contributed by atoms with Gasteiger partial charge in [0.2, 0.25) is 0 Å². The van der Waals surface area contributed by atoms with Crippen LogP contribution in [0.15, 0.2) is 6.07 Å². The molecule has 2 heterocycles. The molecule has 1 aliphatic heterocycles. The van der Waals surface area contributed by atoms with Gasteiger partial charge in [0.05, 0.1) is 12.2 Å². The van der Waals surface area contributed by atoms with Crippen molar-refractivity contribution in [3.8, 4) is 0 Å². The van der Waals surface area contributed by atoms with Crippen molar-refractivity contribution in [2.75, 3.05) is 38.1 Å². The molecule has 0 saturated carbocycles. The third-order valence-electron chi connectivity index (χ3n) is 4.01. The van der Waals surface area contributed by atoms with Crippen LogP contribution >= 0.6 is 0 Å². The zero-order valence-electron chi connectivity index (χ0n) is 14.8. The Morgan fingerprint density at radius 1 is 1.27 bits per heavy atom. The standard InChI is InChI=1S/C17H30N4O/c1-12(2)17-18-13(3)9-16(19-17)20(6)7-8-21-10-14(4)22-15(5)11-21/h9,12,14-15H,7-8,10-11H2,1-6H3/t14-,15+. The van der Waals surface area contributed by atoms with E-state index in [1.54, 1.807) is 0 Å². The number of nitrogens with zero attached hydrogens (tertiary/aromatic N) is 4. The van der Waals surface area contributed by atoms with Crippen LogP contribution in [-0.4, -0.2) is 60.3 Å². The highest BCUT2D eigenvalue weighted by atomic mass is 16.5. The topological polar surface area (TPSA) is 41.5 Å². The predicted molar refractivity (Wildman–Crippen MR) is 90.6 cm³/mol. The largest absolute Gasteiger partial charge is 0.373 e. The Bertz CT molecular complexity index is 482. The van der Waals surface area contributed by atoms with Gasteiger partial charge in [-0.05, 0) is 20.8 Å². The molecule has 1 aliphatic rings. The molecule has 2 rings (SSSR count). The maximum Gasteiger partial charge on any atom is 0.133 e. The predicted octanol–water partition coefficient (Wildman–Crippen LogP) is 2.45. The highest BCUT2D eigenvalue weighted by Gasteiger charge is 2.22. The molecule has 5 nitrogen and oxygen atoms in total. The molecule has 1 saturated heterocycles. The van der Waals surface area contributed by atoms with Crippen molar-refractivity contribution in [3.63, 3.8) is 0 Å². The number of aromatic nitrogens is 2. The minimum absolute atomic E-state index is 0.322. The van der Waals surface area contributed by atoms with Gasteiger partial charge in [-0.1, -0.05) is 13.8 Å². The molecule has 0 spiro atoms. The Labute approximate surface area is 134 Å². The zero-order valence-corrected chi connectivity index (χ0v) is 14.8. The molecule has 0 aliphatic carbocycles. The molecule has 0 radical (unpaired) electrons. The van der Waals surface area contributed by atoms with Crippen LogP contribution in [0.1, 0.15) is 45.1 Å². The molecule has 0 aromatic carbocycles. The van der Waals surface area contributed by atoms with E-state index in [4.69, 9.17) is 9.72 Å². The van der Waals surface area contributed by atoms with Crippen LogP contribution in [-0.2, 0) is 4.74 Å². The second-order valence-electron chi connectivity index (χ2n) is 6.82. The molecule has 0 N–H and O–H groups in total. The summed E-state index contributed by atoms with van der Waals surface area (Å²) in [4.78, 5) is 13.9. The van der Waals surface area contributed by atoms with Crippen molar-refractivity contribution in [1.29, 1.82) is 0 Å². The molecule has 2 atom stereocenters. The van der Waals surface area contributed by atoms with E-state index in [1.165, 1.54) is 0 Å². The minimum Gasteiger partial charge on any atom is -0.373 e. The van der Waals surface area contributed by atoms with Crippen LogP contribution < -0.4 is 4.90 Å². The smallest absolute Gasteiger partial charge is 0.133 e. The van der Waals surface area contributed by atoms with Gasteiger partial charge in [0.15, 0.2) is 0 Å². The second kappa shape index (κ2) is 7.38. The Kier molecular flexibility index (Phi) is 5.75. The molecule has 0 amide bonds.